The van der Waals surface area contributed by atoms with Gasteiger partial charge in [0.05, 0.1) is 38.2 Å². The number of nitrogens with two attached hydrogens (primary N) is 3. The monoisotopic (exact) mass is 955 g/mol. The van der Waals surface area contributed by atoms with Crippen molar-refractivity contribution in [2.45, 2.75) is 75.1 Å². The van der Waals surface area contributed by atoms with E-state index in [1.165, 1.54) is 10.9 Å². The van der Waals surface area contributed by atoms with E-state index < -0.39 is 13.1 Å². The Morgan fingerprint density at radius 3 is 1.58 bits per heavy atom. The van der Waals surface area contributed by atoms with Crippen LogP contribution in [0.5, 0.6) is 0 Å². The number of hydrogen-bond acceptors (Lipinski definition) is 13. The van der Waals surface area contributed by atoms with E-state index in [0.717, 1.165) is 77.7 Å². The number of carbonyl (C=O) groups excluding carboxylic acids is 1. The van der Waals surface area contributed by atoms with Gasteiger partial charge in [-0.25, -0.2) is 14.8 Å². The number of carboxylic acids is 1. The molecule has 69 heavy (non-hydrogen) atoms. The summed E-state index contributed by atoms with van der Waals surface area (Å²) in [4.78, 5) is 41.0. The van der Waals surface area contributed by atoms with Crippen LogP contribution < -0.4 is 22.5 Å². The van der Waals surface area contributed by atoms with Gasteiger partial charge in [-0.3, -0.25) is 28.5 Å². The first-order valence-corrected chi connectivity index (χ1v) is 20.6. The van der Waals surface area contributed by atoms with Crippen LogP contribution in [0.15, 0.2) is 85.5 Å². The summed E-state index contributed by atoms with van der Waals surface area (Å²) >= 11 is 0. The van der Waals surface area contributed by atoms with Crippen molar-refractivity contribution >= 4 is 57.7 Å². The number of carbonyl (C=O) groups is 2. The molecule has 8 rings (SSSR count). The minimum Gasteiger partial charge on any atom is -0.478 e. The Balaban J connectivity index is 0.000000295. The van der Waals surface area contributed by atoms with E-state index in [9.17, 15) is 19.2 Å². The average Bonchev–Trinajstić information content (AvgIpc) is 3.90. The lowest BCUT2D eigenvalue weighted by Gasteiger charge is -2.11. The Bertz CT molecular complexity index is 3170. The SMILES string of the molecule is C.Cc1cc(N)nc(C)c1CN.Cc1cnc2ccc(Cn3cc(C(=O)NCc4c(C)cc(N)nc4C)c(C#N)n3)cc2c1.Cc1cnc2ccc(Cn3cc(C(=O)O)c(C#N)n3)cc2c1.Cl.[2H]CF. The van der Waals surface area contributed by atoms with Crippen LogP contribution in [-0.4, -0.2) is 63.6 Å². The number of nitrogens with one attached hydrogen (secondary N) is 1. The number of amides is 1. The molecule has 2 aromatic carbocycles. The number of rotatable bonds is 9. The lowest BCUT2D eigenvalue weighted by Crippen LogP contribution is -2.24. The molecular formula is C50H56ClFN14O3. The fraction of sp³-hybridized carbons (Fsp3) is 0.240. The van der Waals surface area contributed by atoms with E-state index in [0.29, 0.717) is 31.3 Å². The van der Waals surface area contributed by atoms with Crippen LogP contribution in [0, 0.1) is 64.2 Å². The number of aryl methyl sites for hydroxylation is 6. The van der Waals surface area contributed by atoms with Crippen LogP contribution in [0.2, 0.25) is 0 Å². The summed E-state index contributed by atoms with van der Waals surface area (Å²) in [5.74, 6) is -0.497. The summed E-state index contributed by atoms with van der Waals surface area (Å²) < 4.78 is 18.6. The van der Waals surface area contributed by atoms with Crippen LogP contribution >= 0.6 is 12.4 Å². The fourth-order valence-electron chi connectivity index (χ4n) is 7.26. The molecule has 0 aliphatic carbocycles. The highest BCUT2D eigenvalue weighted by atomic mass is 35.5. The van der Waals surface area contributed by atoms with Crippen LogP contribution in [0.3, 0.4) is 0 Å². The predicted octanol–water partition coefficient (Wildman–Crippen LogP) is 7.92. The van der Waals surface area contributed by atoms with Gasteiger partial charge in [-0.1, -0.05) is 19.6 Å². The summed E-state index contributed by atoms with van der Waals surface area (Å²) in [7, 11) is -1.00. The lowest BCUT2D eigenvalue weighted by atomic mass is 10.1. The fourth-order valence-corrected chi connectivity index (χ4v) is 7.26. The maximum Gasteiger partial charge on any atom is 0.340 e. The van der Waals surface area contributed by atoms with Gasteiger partial charge in [-0.05, 0) is 135 Å². The molecule has 8 N–H and O–H groups in total. The maximum absolute atomic E-state index is 12.8. The number of hydrogen-bond donors (Lipinski definition) is 5. The molecule has 0 fully saturated rings. The Hall–Kier alpha value is -8.32. The highest BCUT2D eigenvalue weighted by Gasteiger charge is 2.18. The second-order valence-electron chi connectivity index (χ2n) is 15.5. The number of aromatic carboxylic acids is 1. The number of nitrogens with zero attached hydrogens (tertiary/aromatic N) is 10. The molecule has 0 unspecified atom stereocenters. The standard InChI is InChI=1S/C24H23N7O.C16H12N4O2.C8H13N3.CH3F.CH4.ClH/c1-14-6-18-8-17(4-5-21(18)27-10-14)12-31-13-20(22(9-25)30-31)24(32)28-11-19-15(2)7-23(26)29-16(19)3;1-10-4-12-5-11(2-3-14(12)18-7-10)8-20-9-13(16(21)22)15(6-17)19-20;1-5-3-8(10)11-6(2)7(5)4-9;1-2;;/h4-8,10,13H,11-12H2,1-3H3,(H2,26,29)(H,28,32);2-5,7,9H,8H2,1H3,(H,21,22);3H,4,9H2,1-2H3,(H2,10,11);1H3;1H4;1H/i;;;1D;;. The van der Waals surface area contributed by atoms with Gasteiger partial charge in [0.25, 0.3) is 5.91 Å². The molecule has 0 radical (unpaired) electrons. The van der Waals surface area contributed by atoms with E-state index in [2.05, 4.69) is 41.5 Å². The molecule has 0 aliphatic rings. The molecule has 0 aliphatic heterocycles. The highest BCUT2D eigenvalue weighted by molar-refractivity contribution is 5.96. The van der Waals surface area contributed by atoms with Crippen LogP contribution in [0.1, 0.15) is 96.8 Å². The summed E-state index contributed by atoms with van der Waals surface area (Å²) in [6.45, 7) is 13.3. The number of fused-ring (bicyclic) bond motifs is 2. The number of anilines is 2. The largest absolute Gasteiger partial charge is 0.478 e. The van der Waals surface area contributed by atoms with E-state index in [4.69, 9.17) is 28.9 Å². The quantitative estimate of drug-likeness (QED) is 0.0919. The Morgan fingerprint density at radius 2 is 1.17 bits per heavy atom. The van der Waals surface area contributed by atoms with Crippen molar-refractivity contribution in [3.63, 3.8) is 0 Å². The topological polar surface area (TPSA) is 279 Å². The van der Waals surface area contributed by atoms with Gasteiger partial charge in [-0.2, -0.15) is 20.7 Å². The van der Waals surface area contributed by atoms with E-state index in [-0.39, 0.29) is 54.8 Å². The molecule has 6 heterocycles. The van der Waals surface area contributed by atoms with Crippen molar-refractivity contribution < 1.29 is 20.5 Å². The second kappa shape index (κ2) is 25.0. The minimum atomic E-state index is -1.15. The zero-order valence-corrected chi connectivity index (χ0v) is 39.2. The molecule has 19 heteroatoms. The van der Waals surface area contributed by atoms with Crippen LogP contribution in [0.25, 0.3) is 21.8 Å². The van der Waals surface area contributed by atoms with Gasteiger partial charge in [0.1, 0.15) is 29.3 Å². The number of alkyl halides is 1. The zero-order chi connectivity index (χ0) is 49.7. The van der Waals surface area contributed by atoms with Crippen molar-refractivity contribution in [1.29, 1.82) is 10.5 Å². The van der Waals surface area contributed by atoms with Crippen molar-refractivity contribution in [2.75, 3.05) is 18.6 Å². The number of nitrogen functional groups attached to an aromatic ring is 2. The molecule has 0 saturated heterocycles. The zero-order valence-electron chi connectivity index (χ0n) is 39.4. The molecule has 17 nitrogen and oxygen atoms in total. The maximum atomic E-state index is 12.8. The van der Waals surface area contributed by atoms with E-state index in [1.54, 1.807) is 23.0 Å². The molecule has 0 spiro atoms. The Kier molecular flexibility index (Phi) is 19.3. The molecule has 0 atom stereocenters. The second-order valence-corrected chi connectivity index (χ2v) is 15.5. The predicted molar refractivity (Wildman–Crippen MR) is 268 cm³/mol. The van der Waals surface area contributed by atoms with E-state index in [1.807, 2.05) is 109 Å². The number of nitriles is 2. The molecule has 6 aromatic heterocycles. The van der Waals surface area contributed by atoms with Crippen molar-refractivity contribution in [1.82, 2.24) is 44.8 Å². The normalized spacial score (nSPS) is 10.3. The Morgan fingerprint density at radius 1 is 0.739 bits per heavy atom. The number of halogens is 2. The van der Waals surface area contributed by atoms with E-state index >= 15 is 0 Å². The number of benzene rings is 2. The first-order valence-electron chi connectivity index (χ1n) is 21.4. The number of carboxylic acid groups (broad SMARTS) is 1. The van der Waals surface area contributed by atoms with Crippen molar-refractivity contribution in [3.8, 4) is 12.1 Å². The molecule has 8 aromatic rings. The van der Waals surface area contributed by atoms with Crippen LogP contribution in [-0.2, 0) is 26.2 Å². The summed E-state index contributed by atoms with van der Waals surface area (Å²) in [6.07, 6.45) is 6.63. The summed E-state index contributed by atoms with van der Waals surface area (Å²) in [5, 5.41) is 40.7. The van der Waals surface area contributed by atoms with Gasteiger partial charge in [0.2, 0.25) is 0 Å². The molecule has 0 saturated carbocycles. The Labute approximate surface area is 407 Å². The van der Waals surface area contributed by atoms with Gasteiger partial charge < -0.3 is 27.6 Å². The third-order valence-electron chi connectivity index (χ3n) is 10.4. The first-order chi connectivity index (χ1) is 32.5. The van der Waals surface area contributed by atoms with Crippen molar-refractivity contribution in [2.24, 2.45) is 5.73 Å². The number of aromatic nitrogens is 8. The van der Waals surface area contributed by atoms with Crippen LogP contribution in [0.4, 0.5) is 16.0 Å². The summed E-state index contributed by atoms with van der Waals surface area (Å²) in [6, 6.07) is 23.3. The molecule has 358 valence electrons. The smallest absolute Gasteiger partial charge is 0.340 e. The minimum absolute atomic E-state index is 0. The molecule has 0 bridgehead atoms. The number of pyridine rings is 4. The summed E-state index contributed by atoms with van der Waals surface area (Å²) in [5.41, 5.74) is 28.7. The molecule has 1 amide bonds. The van der Waals surface area contributed by atoms with Gasteiger partial charge in [0, 0.05) is 60.0 Å². The first kappa shape index (κ1) is 53.3. The third-order valence-corrected chi connectivity index (χ3v) is 10.4. The highest BCUT2D eigenvalue weighted by Crippen LogP contribution is 2.20. The van der Waals surface area contributed by atoms with Gasteiger partial charge >= 0.3 is 5.97 Å². The van der Waals surface area contributed by atoms with Gasteiger partial charge in [0.15, 0.2) is 11.4 Å². The molecular weight excluding hydrogens is 899 g/mol. The average molecular weight is 957 g/mol. The van der Waals surface area contributed by atoms with Crippen molar-refractivity contribution in [3.05, 3.63) is 164 Å². The van der Waals surface area contributed by atoms with Gasteiger partial charge in [-0.15, -0.1) is 12.4 Å². The lowest BCUT2D eigenvalue weighted by molar-refractivity contribution is 0.0696. The third kappa shape index (κ3) is 14.1.